The van der Waals surface area contributed by atoms with Crippen LogP contribution in [-0.4, -0.2) is 51.2 Å². The summed E-state index contributed by atoms with van der Waals surface area (Å²) in [5.41, 5.74) is 0.678. The summed E-state index contributed by atoms with van der Waals surface area (Å²) in [5.74, 6) is 0.292. The van der Waals surface area contributed by atoms with E-state index in [1.54, 1.807) is 45.0 Å². The number of ether oxygens (including phenoxy) is 3. The number of hydrogen-bond acceptors (Lipinski definition) is 9. The molecule has 220 valence electrons. The minimum atomic E-state index is -4.57. The summed E-state index contributed by atoms with van der Waals surface area (Å²) in [4.78, 5) is 24.8. The van der Waals surface area contributed by atoms with Crippen LogP contribution in [0.5, 0.6) is 11.8 Å². The van der Waals surface area contributed by atoms with Gasteiger partial charge in [-0.3, -0.25) is 0 Å². The van der Waals surface area contributed by atoms with Crippen LogP contribution in [0.3, 0.4) is 0 Å². The second kappa shape index (κ2) is 12.5. The first-order chi connectivity index (χ1) is 19.3. The lowest BCUT2D eigenvalue weighted by molar-refractivity contribution is -0.154. The van der Waals surface area contributed by atoms with Gasteiger partial charge >= 0.3 is 18.2 Å². The highest BCUT2D eigenvalue weighted by atomic mass is 79.9. The standard InChI is InChI=1S/C28H31BrF3N5O4/c1-26(2,3)41-22(38)18-5-9-20(10-6-18)33-23-34-24(36-25(35-23)40-17-28(30,31)32)37-27(13-14-27)19-7-11-21(12-8-19)39-16-4-15-29/h5-12H,4,13-17H2,1-3H3,(H2,33,34,35,36,37). The van der Waals surface area contributed by atoms with E-state index in [9.17, 15) is 18.0 Å². The van der Waals surface area contributed by atoms with Crippen molar-refractivity contribution in [3.63, 3.8) is 0 Å². The Morgan fingerprint density at radius 3 is 2.20 bits per heavy atom. The van der Waals surface area contributed by atoms with Crippen LogP contribution in [0, 0.1) is 0 Å². The van der Waals surface area contributed by atoms with Crippen LogP contribution in [0.4, 0.5) is 30.8 Å². The van der Waals surface area contributed by atoms with Crippen LogP contribution in [-0.2, 0) is 10.3 Å². The zero-order chi connectivity index (χ0) is 29.7. The van der Waals surface area contributed by atoms with Crippen LogP contribution >= 0.6 is 15.9 Å². The molecule has 0 unspecified atom stereocenters. The van der Waals surface area contributed by atoms with E-state index in [1.807, 2.05) is 24.3 Å². The molecule has 0 atom stereocenters. The summed E-state index contributed by atoms with van der Waals surface area (Å²) in [6, 6.07) is 13.5. The monoisotopic (exact) mass is 637 g/mol. The largest absolute Gasteiger partial charge is 0.494 e. The third kappa shape index (κ3) is 9.20. The Morgan fingerprint density at radius 1 is 0.951 bits per heavy atom. The van der Waals surface area contributed by atoms with Gasteiger partial charge in [0.15, 0.2) is 6.61 Å². The molecule has 0 aliphatic heterocycles. The van der Waals surface area contributed by atoms with Gasteiger partial charge in [0.2, 0.25) is 11.9 Å². The van der Waals surface area contributed by atoms with E-state index < -0.39 is 35.9 Å². The highest BCUT2D eigenvalue weighted by Crippen LogP contribution is 2.48. The third-order valence-corrected chi connectivity index (χ3v) is 6.37. The predicted molar refractivity (Wildman–Crippen MR) is 151 cm³/mol. The van der Waals surface area contributed by atoms with Crippen molar-refractivity contribution in [1.82, 2.24) is 15.0 Å². The lowest BCUT2D eigenvalue weighted by atomic mass is 10.1. The number of anilines is 3. The number of hydrogen-bond donors (Lipinski definition) is 2. The molecule has 9 nitrogen and oxygen atoms in total. The van der Waals surface area contributed by atoms with Gasteiger partial charge in [-0.25, -0.2) is 4.79 Å². The van der Waals surface area contributed by atoms with Crippen LogP contribution in [0.25, 0.3) is 0 Å². The highest BCUT2D eigenvalue weighted by Gasteiger charge is 2.45. The number of aromatic nitrogens is 3. The number of alkyl halides is 4. The summed E-state index contributed by atoms with van der Waals surface area (Å²) in [7, 11) is 0. The second-order valence-corrected chi connectivity index (χ2v) is 11.3. The Labute approximate surface area is 244 Å². The van der Waals surface area contributed by atoms with Crippen molar-refractivity contribution >= 4 is 39.5 Å². The molecular formula is C28H31BrF3N5O4. The van der Waals surface area contributed by atoms with Crippen LogP contribution in [0.2, 0.25) is 0 Å². The van der Waals surface area contributed by atoms with E-state index in [4.69, 9.17) is 14.2 Å². The van der Waals surface area contributed by atoms with E-state index in [1.165, 1.54) is 0 Å². The Morgan fingerprint density at radius 2 is 1.61 bits per heavy atom. The molecule has 0 spiro atoms. The Balaban J connectivity index is 1.52. The molecule has 1 fully saturated rings. The fraction of sp³-hybridized carbons (Fsp3) is 0.429. The van der Waals surface area contributed by atoms with Gasteiger partial charge in [-0.05, 0) is 82.0 Å². The molecule has 1 aliphatic rings. The molecule has 0 radical (unpaired) electrons. The second-order valence-electron chi connectivity index (χ2n) is 10.5. The molecule has 3 aromatic rings. The quantitative estimate of drug-likeness (QED) is 0.126. The predicted octanol–water partition coefficient (Wildman–Crippen LogP) is 6.78. The molecule has 1 saturated carbocycles. The lowest BCUT2D eigenvalue weighted by Crippen LogP contribution is -2.23. The first kappa shape index (κ1) is 30.4. The minimum absolute atomic E-state index is 0.0315. The summed E-state index contributed by atoms with van der Waals surface area (Å²) < 4.78 is 54.5. The molecule has 1 aliphatic carbocycles. The molecule has 0 amide bonds. The molecule has 0 bridgehead atoms. The van der Waals surface area contributed by atoms with Crippen molar-refractivity contribution in [2.45, 2.75) is 57.3 Å². The van der Waals surface area contributed by atoms with E-state index in [0.29, 0.717) is 17.9 Å². The molecule has 2 N–H and O–H groups in total. The van der Waals surface area contributed by atoms with Crippen molar-refractivity contribution in [3.8, 4) is 11.8 Å². The number of nitrogens with one attached hydrogen (secondary N) is 2. The minimum Gasteiger partial charge on any atom is -0.494 e. The van der Waals surface area contributed by atoms with Crippen LogP contribution in [0.1, 0.15) is 56.0 Å². The van der Waals surface area contributed by atoms with Crippen molar-refractivity contribution in [2.24, 2.45) is 0 Å². The highest BCUT2D eigenvalue weighted by molar-refractivity contribution is 9.09. The van der Waals surface area contributed by atoms with E-state index in [0.717, 1.165) is 35.9 Å². The fourth-order valence-electron chi connectivity index (χ4n) is 3.77. The maximum Gasteiger partial charge on any atom is 0.422 e. The number of carbonyl (C=O) groups is 1. The molecule has 1 heterocycles. The van der Waals surface area contributed by atoms with Gasteiger partial charge in [-0.15, -0.1) is 0 Å². The first-order valence-corrected chi connectivity index (χ1v) is 14.1. The van der Waals surface area contributed by atoms with Crippen LogP contribution < -0.4 is 20.1 Å². The Kier molecular flexibility index (Phi) is 9.25. The molecule has 4 rings (SSSR count). The number of benzene rings is 2. The lowest BCUT2D eigenvalue weighted by Gasteiger charge is -2.20. The summed E-state index contributed by atoms with van der Waals surface area (Å²) in [6.45, 7) is 4.36. The average molecular weight is 638 g/mol. The van der Waals surface area contributed by atoms with Crippen LogP contribution in [0.15, 0.2) is 48.5 Å². The maximum absolute atomic E-state index is 12.9. The number of halogens is 4. The summed E-state index contributed by atoms with van der Waals surface area (Å²) >= 11 is 3.37. The number of carbonyl (C=O) groups excluding carboxylic acids is 1. The van der Waals surface area contributed by atoms with E-state index in [-0.39, 0.29) is 11.9 Å². The van der Waals surface area contributed by atoms with Gasteiger partial charge in [-0.1, -0.05) is 28.1 Å². The van der Waals surface area contributed by atoms with Gasteiger partial charge in [0.1, 0.15) is 11.4 Å². The number of rotatable bonds is 12. The SMILES string of the molecule is CC(C)(C)OC(=O)c1ccc(Nc2nc(NC3(c4ccc(OCCCBr)cc4)CC3)nc(OCC(F)(F)F)n2)cc1. The zero-order valence-corrected chi connectivity index (χ0v) is 24.4. The Hall–Kier alpha value is -3.61. The fourth-order valence-corrected chi connectivity index (χ4v) is 4.00. The zero-order valence-electron chi connectivity index (χ0n) is 22.8. The molecule has 2 aromatic carbocycles. The van der Waals surface area contributed by atoms with Gasteiger partial charge in [0.05, 0.1) is 17.7 Å². The normalized spacial score (nSPS) is 14.2. The third-order valence-electron chi connectivity index (χ3n) is 5.81. The van der Waals surface area contributed by atoms with Crippen molar-refractivity contribution in [3.05, 3.63) is 59.7 Å². The molecular weight excluding hydrogens is 607 g/mol. The Bertz CT molecular complexity index is 1330. The first-order valence-electron chi connectivity index (χ1n) is 13.0. The summed E-state index contributed by atoms with van der Waals surface area (Å²) in [5, 5.41) is 7.05. The van der Waals surface area contributed by atoms with Crippen molar-refractivity contribution in [1.29, 1.82) is 0 Å². The van der Waals surface area contributed by atoms with Gasteiger partial charge in [0, 0.05) is 11.0 Å². The molecule has 1 aromatic heterocycles. The molecule has 0 saturated heterocycles. The van der Waals surface area contributed by atoms with E-state index in [2.05, 4.69) is 41.5 Å². The smallest absolute Gasteiger partial charge is 0.422 e. The van der Waals surface area contributed by atoms with Gasteiger partial charge < -0.3 is 24.8 Å². The summed E-state index contributed by atoms with van der Waals surface area (Å²) in [6.07, 6.45) is -2.14. The van der Waals surface area contributed by atoms with Gasteiger partial charge in [-0.2, -0.15) is 28.1 Å². The number of esters is 1. The maximum atomic E-state index is 12.9. The topological polar surface area (TPSA) is 107 Å². The van der Waals surface area contributed by atoms with Crippen molar-refractivity contribution in [2.75, 3.05) is 29.2 Å². The number of nitrogens with zero attached hydrogens (tertiary/aromatic N) is 3. The average Bonchev–Trinajstić information content (AvgIpc) is 3.67. The van der Waals surface area contributed by atoms with Crippen molar-refractivity contribution < 1.29 is 32.2 Å². The molecule has 13 heteroatoms. The van der Waals surface area contributed by atoms with E-state index >= 15 is 0 Å². The van der Waals surface area contributed by atoms with Gasteiger partial charge in [0.25, 0.3) is 0 Å². The molecule has 41 heavy (non-hydrogen) atoms.